The highest BCUT2D eigenvalue weighted by molar-refractivity contribution is 7.93. The van der Waals surface area contributed by atoms with Gasteiger partial charge in [0.15, 0.2) is 0 Å². The van der Waals surface area contributed by atoms with Gasteiger partial charge in [-0.15, -0.1) is 0 Å². The second-order valence-corrected chi connectivity index (χ2v) is 7.25. The van der Waals surface area contributed by atoms with Crippen molar-refractivity contribution in [2.45, 2.75) is 18.2 Å². The van der Waals surface area contributed by atoms with E-state index in [1.54, 1.807) is 12.1 Å². The number of fused-ring (bicyclic) bond motifs is 1. The largest absolute Gasteiger partial charge is 0.492 e. The van der Waals surface area contributed by atoms with Gasteiger partial charge in [0.25, 0.3) is 10.0 Å². The molecule has 1 aliphatic rings. The van der Waals surface area contributed by atoms with Crippen LogP contribution in [0.25, 0.3) is 0 Å². The maximum atomic E-state index is 13.0. The zero-order chi connectivity index (χ0) is 15.7. The molecule has 3 rings (SSSR count). The molecule has 1 aliphatic heterocycles. The Morgan fingerprint density at radius 3 is 2.77 bits per heavy atom. The quantitative estimate of drug-likeness (QED) is 0.858. The molecule has 0 aliphatic carbocycles. The molecule has 116 valence electrons. The van der Waals surface area contributed by atoms with Crippen LogP contribution in [0.3, 0.4) is 0 Å². The molecule has 0 atom stereocenters. The molecular weight excluding hydrogens is 322 g/mol. The minimum absolute atomic E-state index is 0.110. The topological polar surface area (TPSA) is 46.6 Å². The standard InChI is InChI=1S/C16H16ClNO3S/c1-2-21-15-8-7-13(17)11-16(15)22(19,20)18-10-9-12-5-3-4-6-14(12)18/h3-8,11H,2,9-10H2,1H3. The van der Waals surface area contributed by atoms with Gasteiger partial charge in [-0.2, -0.15) is 0 Å². The lowest BCUT2D eigenvalue weighted by Crippen LogP contribution is -2.29. The summed E-state index contributed by atoms with van der Waals surface area (Å²) in [5.74, 6) is 0.330. The van der Waals surface area contributed by atoms with Crippen LogP contribution in [0, 0.1) is 0 Å². The zero-order valence-corrected chi connectivity index (χ0v) is 13.7. The molecule has 22 heavy (non-hydrogen) atoms. The molecule has 0 spiro atoms. The Morgan fingerprint density at radius 1 is 1.23 bits per heavy atom. The molecule has 4 nitrogen and oxygen atoms in total. The monoisotopic (exact) mass is 337 g/mol. The van der Waals surface area contributed by atoms with Crippen molar-refractivity contribution < 1.29 is 13.2 Å². The molecule has 0 fully saturated rings. The fourth-order valence-corrected chi connectivity index (χ4v) is 4.53. The zero-order valence-electron chi connectivity index (χ0n) is 12.1. The Balaban J connectivity index is 2.10. The molecule has 0 aromatic heterocycles. The van der Waals surface area contributed by atoms with Gasteiger partial charge in [0, 0.05) is 11.6 Å². The normalized spacial score (nSPS) is 14.0. The summed E-state index contributed by atoms with van der Waals surface area (Å²) in [7, 11) is -3.70. The molecule has 1 heterocycles. The lowest BCUT2D eigenvalue weighted by atomic mass is 10.2. The Morgan fingerprint density at radius 2 is 2.00 bits per heavy atom. The van der Waals surface area contributed by atoms with Crippen molar-refractivity contribution in [1.29, 1.82) is 0 Å². The molecule has 6 heteroatoms. The molecule has 0 radical (unpaired) electrons. The van der Waals surface area contributed by atoms with Crippen LogP contribution in [0.4, 0.5) is 5.69 Å². The van der Waals surface area contributed by atoms with Gasteiger partial charge < -0.3 is 4.74 Å². The van der Waals surface area contributed by atoms with Crippen LogP contribution >= 0.6 is 11.6 Å². The fourth-order valence-electron chi connectivity index (χ4n) is 2.63. The van der Waals surface area contributed by atoms with Gasteiger partial charge >= 0.3 is 0 Å². The van der Waals surface area contributed by atoms with Crippen molar-refractivity contribution in [2.75, 3.05) is 17.5 Å². The maximum absolute atomic E-state index is 13.0. The van der Waals surface area contributed by atoms with Crippen LogP contribution in [0.2, 0.25) is 5.02 Å². The van der Waals surface area contributed by atoms with Crippen LogP contribution in [0.15, 0.2) is 47.4 Å². The van der Waals surface area contributed by atoms with Crippen molar-refractivity contribution in [3.8, 4) is 5.75 Å². The first-order valence-electron chi connectivity index (χ1n) is 7.07. The Kier molecular flexibility index (Phi) is 4.02. The van der Waals surface area contributed by atoms with Crippen LogP contribution in [0.1, 0.15) is 12.5 Å². The number of sulfonamides is 1. The van der Waals surface area contributed by atoms with Crippen molar-refractivity contribution >= 4 is 27.3 Å². The number of ether oxygens (including phenoxy) is 1. The predicted molar refractivity (Wildman–Crippen MR) is 87.3 cm³/mol. The second-order valence-electron chi connectivity index (χ2n) is 4.98. The van der Waals surface area contributed by atoms with Crippen molar-refractivity contribution in [1.82, 2.24) is 0 Å². The third-order valence-electron chi connectivity index (χ3n) is 3.62. The van der Waals surface area contributed by atoms with Gasteiger partial charge in [0.05, 0.1) is 12.3 Å². The Hall–Kier alpha value is -1.72. The van der Waals surface area contributed by atoms with Gasteiger partial charge in [0.1, 0.15) is 10.6 Å². The number of hydrogen-bond donors (Lipinski definition) is 0. The average Bonchev–Trinajstić information content (AvgIpc) is 2.94. The van der Waals surface area contributed by atoms with Crippen molar-refractivity contribution in [2.24, 2.45) is 0 Å². The molecule has 0 unspecified atom stereocenters. The summed E-state index contributed by atoms with van der Waals surface area (Å²) in [6.45, 7) is 2.64. The molecule has 2 aromatic carbocycles. The van der Waals surface area contributed by atoms with E-state index in [-0.39, 0.29) is 4.90 Å². The lowest BCUT2D eigenvalue weighted by molar-refractivity contribution is 0.331. The van der Waals surface area contributed by atoms with E-state index in [1.165, 1.54) is 10.4 Å². The minimum Gasteiger partial charge on any atom is -0.492 e. The highest BCUT2D eigenvalue weighted by Gasteiger charge is 2.32. The van der Waals surface area contributed by atoms with E-state index in [0.717, 1.165) is 11.3 Å². The molecule has 0 saturated carbocycles. The molecular formula is C16H16ClNO3S. The lowest BCUT2D eigenvalue weighted by Gasteiger charge is -2.21. The van der Waals surface area contributed by atoms with Gasteiger partial charge in [-0.25, -0.2) is 8.42 Å². The van der Waals surface area contributed by atoms with E-state index in [4.69, 9.17) is 16.3 Å². The van der Waals surface area contributed by atoms with E-state index < -0.39 is 10.0 Å². The number of nitrogens with zero attached hydrogens (tertiary/aromatic N) is 1. The number of anilines is 1. The van der Waals surface area contributed by atoms with Crippen molar-refractivity contribution in [3.05, 3.63) is 53.1 Å². The maximum Gasteiger partial charge on any atom is 0.268 e. The summed E-state index contributed by atoms with van der Waals surface area (Å²) in [6.07, 6.45) is 0.708. The van der Waals surface area contributed by atoms with Crippen LogP contribution < -0.4 is 9.04 Å². The summed E-state index contributed by atoms with van der Waals surface area (Å²) >= 11 is 5.99. The molecule has 0 bridgehead atoms. The number of para-hydroxylation sites is 1. The smallest absolute Gasteiger partial charge is 0.268 e. The van der Waals surface area contributed by atoms with Gasteiger partial charge in [-0.05, 0) is 43.2 Å². The first-order valence-corrected chi connectivity index (χ1v) is 8.89. The van der Waals surface area contributed by atoms with Crippen molar-refractivity contribution in [3.63, 3.8) is 0 Å². The summed E-state index contributed by atoms with van der Waals surface area (Å²) < 4.78 is 33.0. The van der Waals surface area contributed by atoms with Gasteiger partial charge in [-0.1, -0.05) is 29.8 Å². The molecule has 0 N–H and O–H groups in total. The van der Waals surface area contributed by atoms with Gasteiger partial charge in [-0.3, -0.25) is 4.31 Å². The van der Waals surface area contributed by atoms with E-state index in [1.807, 2.05) is 31.2 Å². The average molecular weight is 338 g/mol. The van der Waals surface area contributed by atoms with Crippen LogP contribution in [-0.4, -0.2) is 21.6 Å². The van der Waals surface area contributed by atoms with Crippen LogP contribution in [-0.2, 0) is 16.4 Å². The molecule has 2 aromatic rings. The first kappa shape index (κ1) is 15.2. The third kappa shape index (κ3) is 2.55. The Bertz CT molecular complexity index is 805. The first-order chi connectivity index (χ1) is 10.5. The third-order valence-corrected chi connectivity index (χ3v) is 5.69. The van der Waals surface area contributed by atoms with E-state index >= 15 is 0 Å². The van der Waals surface area contributed by atoms with Crippen LogP contribution in [0.5, 0.6) is 5.75 Å². The highest BCUT2D eigenvalue weighted by Crippen LogP contribution is 2.36. The van der Waals surface area contributed by atoms with Gasteiger partial charge in [0.2, 0.25) is 0 Å². The van der Waals surface area contributed by atoms with E-state index in [9.17, 15) is 8.42 Å². The number of halogens is 1. The summed E-state index contributed by atoms with van der Waals surface area (Å²) in [4.78, 5) is 0.110. The summed E-state index contributed by atoms with van der Waals surface area (Å²) in [5, 5.41) is 0.370. The fraction of sp³-hybridized carbons (Fsp3) is 0.250. The van der Waals surface area contributed by atoms with E-state index in [2.05, 4.69) is 0 Å². The molecule has 0 saturated heterocycles. The minimum atomic E-state index is -3.70. The second kappa shape index (κ2) is 5.82. The number of benzene rings is 2. The highest BCUT2D eigenvalue weighted by atomic mass is 35.5. The SMILES string of the molecule is CCOc1ccc(Cl)cc1S(=O)(=O)N1CCc2ccccc21. The summed E-state index contributed by atoms with van der Waals surface area (Å²) in [6, 6.07) is 12.2. The Labute approximate surface area is 135 Å². The molecule has 0 amide bonds. The van der Waals surface area contributed by atoms with E-state index in [0.29, 0.717) is 30.3 Å². The number of rotatable bonds is 4. The number of hydrogen-bond acceptors (Lipinski definition) is 3. The summed E-state index contributed by atoms with van der Waals surface area (Å²) in [5.41, 5.74) is 1.76. The predicted octanol–water partition coefficient (Wildman–Crippen LogP) is 3.49.